The van der Waals surface area contributed by atoms with Gasteiger partial charge < -0.3 is 15.0 Å². The molecule has 0 aliphatic rings. The third-order valence-corrected chi connectivity index (χ3v) is 2.70. The number of rotatable bonds is 5. The number of nitrogens with zero attached hydrogens (tertiary/aromatic N) is 3. The number of hydrogen-bond acceptors (Lipinski definition) is 4. The summed E-state index contributed by atoms with van der Waals surface area (Å²) in [6.45, 7) is 1.89. The van der Waals surface area contributed by atoms with Crippen molar-refractivity contribution in [3.63, 3.8) is 0 Å². The van der Waals surface area contributed by atoms with Gasteiger partial charge in [-0.25, -0.2) is 9.97 Å². The van der Waals surface area contributed by atoms with Gasteiger partial charge in [-0.15, -0.1) is 0 Å². The Morgan fingerprint density at radius 1 is 1.53 bits per heavy atom. The van der Waals surface area contributed by atoms with Crippen molar-refractivity contribution in [1.82, 2.24) is 14.5 Å². The van der Waals surface area contributed by atoms with Crippen molar-refractivity contribution in [2.45, 2.75) is 19.6 Å². The van der Waals surface area contributed by atoms with E-state index in [2.05, 4.69) is 9.97 Å². The van der Waals surface area contributed by atoms with Crippen LogP contribution in [0.25, 0.3) is 11.2 Å². The predicted octanol–water partition coefficient (Wildman–Crippen LogP) is 1.58. The van der Waals surface area contributed by atoms with Crippen molar-refractivity contribution >= 4 is 22.8 Å². The molecule has 0 aliphatic heterocycles. The number of hydrogen-bond donors (Lipinski definition) is 1. The molecule has 0 aliphatic carbocycles. The maximum atomic E-state index is 5.90. The SMILES string of the molecule is COCc1nc2cc(Cl)cnc2n1CCCN. The van der Waals surface area contributed by atoms with Gasteiger partial charge in [0, 0.05) is 19.9 Å². The molecule has 0 aromatic carbocycles. The fourth-order valence-electron chi connectivity index (χ4n) is 1.76. The molecule has 0 atom stereocenters. The summed E-state index contributed by atoms with van der Waals surface area (Å²) in [5, 5.41) is 0.588. The molecule has 2 rings (SSSR count). The van der Waals surface area contributed by atoms with Crippen molar-refractivity contribution in [1.29, 1.82) is 0 Å². The largest absolute Gasteiger partial charge is 0.377 e. The topological polar surface area (TPSA) is 66.0 Å². The molecule has 5 nitrogen and oxygen atoms in total. The molecule has 0 bridgehead atoms. The molecule has 17 heavy (non-hydrogen) atoms. The number of pyridine rings is 1. The summed E-state index contributed by atoms with van der Waals surface area (Å²) in [6.07, 6.45) is 2.51. The van der Waals surface area contributed by atoms with Crippen LogP contribution in [-0.4, -0.2) is 28.2 Å². The fourth-order valence-corrected chi connectivity index (χ4v) is 1.91. The zero-order valence-corrected chi connectivity index (χ0v) is 10.4. The van der Waals surface area contributed by atoms with Gasteiger partial charge in [-0.2, -0.15) is 0 Å². The van der Waals surface area contributed by atoms with E-state index in [1.807, 2.05) is 10.6 Å². The van der Waals surface area contributed by atoms with Crippen molar-refractivity contribution < 1.29 is 4.74 Å². The molecule has 0 saturated heterocycles. The van der Waals surface area contributed by atoms with E-state index in [0.29, 0.717) is 18.2 Å². The highest BCUT2D eigenvalue weighted by atomic mass is 35.5. The number of ether oxygens (including phenoxy) is 1. The fraction of sp³-hybridized carbons (Fsp3) is 0.455. The molecule has 6 heteroatoms. The van der Waals surface area contributed by atoms with Crippen LogP contribution in [0.3, 0.4) is 0 Å². The van der Waals surface area contributed by atoms with E-state index in [9.17, 15) is 0 Å². The standard InChI is InChI=1S/C11H15ClN4O/c1-17-7-10-15-9-5-8(12)6-14-11(9)16(10)4-2-3-13/h5-6H,2-4,7,13H2,1H3. The molecule has 0 saturated carbocycles. The normalized spacial score (nSPS) is 11.2. The number of halogens is 1. The average Bonchev–Trinajstić information content (AvgIpc) is 2.63. The Labute approximate surface area is 105 Å². The average molecular weight is 255 g/mol. The second kappa shape index (κ2) is 5.44. The highest BCUT2D eigenvalue weighted by molar-refractivity contribution is 6.31. The van der Waals surface area contributed by atoms with Crippen molar-refractivity contribution in [2.24, 2.45) is 5.73 Å². The lowest BCUT2D eigenvalue weighted by molar-refractivity contribution is 0.174. The van der Waals surface area contributed by atoms with Gasteiger partial charge in [0.2, 0.25) is 0 Å². The van der Waals surface area contributed by atoms with Crippen LogP contribution in [0.5, 0.6) is 0 Å². The molecular weight excluding hydrogens is 240 g/mol. The lowest BCUT2D eigenvalue weighted by Gasteiger charge is -2.06. The van der Waals surface area contributed by atoms with Crippen LogP contribution in [0.2, 0.25) is 5.02 Å². The maximum Gasteiger partial charge on any atom is 0.160 e. The predicted molar refractivity (Wildman–Crippen MR) is 66.9 cm³/mol. The molecule has 92 valence electrons. The minimum Gasteiger partial charge on any atom is -0.377 e. The van der Waals surface area contributed by atoms with Gasteiger partial charge in [-0.05, 0) is 19.0 Å². The Bertz CT molecular complexity index is 511. The Morgan fingerprint density at radius 3 is 3.06 bits per heavy atom. The van der Waals surface area contributed by atoms with E-state index in [4.69, 9.17) is 22.1 Å². The van der Waals surface area contributed by atoms with Crippen molar-refractivity contribution in [3.8, 4) is 0 Å². The van der Waals surface area contributed by atoms with Crippen LogP contribution in [-0.2, 0) is 17.9 Å². The second-order valence-corrected chi connectivity index (χ2v) is 4.19. The summed E-state index contributed by atoms with van der Waals surface area (Å²) in [4.78, 5) is 8.78. The summed E-state index contributed by atoms with van der Waals surface area (Å²) >= 11 is 5.90. The highest BCUT2D eigenvalue weighted by Crippen LogP contribution is 2.18. The van der Waals surface area contributed by atoms with Crippen LogP contribution in [0.4, 0.5) is 0 Å². The third kappa shape index (κ3) is 2.57. The van der Waals surface area contributed by atoms with Gasteiger partial charge in [-0.3, -0.25) is 0 Å². The summed E-state index contributed by atoms with van der Waals surface area (Å²) in [6, 6.07) is 1.81. The number of aromatic nitrogens is 3. The highest BCUT2D eigenvalue weighted by Gasteiger charge is 2.11. The lowest BCUT2D eigenvalue weighted by Crippen LogP contribution is -2.09. The van der Waals surface area contributed by atoms with E-state index in [1.165, 1.54) is 0 Å². The Kier molecular flexibility index (Phi) is 3.93. The maximum absolute atomic E-state index is 5.90. The smallest absolute Gasteiger partial charge is 0.160 e. The quantitative estimate of drug-likeness (QED) is 0.880. The van der Waals surface area contributed by atoms with Gasteiger partial charge in [0.1, 0.15) is 17.9 Å². The number of imidazole rings is 1. The van der Waals surface area contributed by atoms with Gasteiger partial charge in [0.25, 0.3) is 0 Å². The van der Waals surface area contributed by atoms with E-state index >= 15 is 0 Å². The molecule has 2 aromatic heterocycles. The molecule has 0 fully saturated rings. The minimum atomic E-state index is 0.457. The second-order valence-electron chi connectivity index (χ2n) is 3.75. The van der Waals surface area contributed by atoms with Crippen LogP contribution >= 0.6 is 11.6 Å². The van der Waals surface area contributed by atoms with Crippen molar-refractivity contribution in [3.05, 3.63) is 23.1 Å². The first-order chi connectivity index (χ1) is 8.26. The van der Waals surface area contributed by atoms with Gasteiger partial charge in [-0.1, -0.05) is 11.6 Å². The van der Waals surface area contributed by atoms with Gasteiger partial charge >= 0.3 is 0 Å². The lowest BCUT2D eigenvalue weighted by atomic mass is 10.4. The summed E-state index contributed by atoms with van der Waals surface area (Å²) in [5.41, 5.74) is 7.15. The van der Waals surface area contributed by atoms with Gasteiger partial charge in [0.05, 0.1) is 5.02 Å². The third-order valence-electron chi connectivity index (χ3n) is 2.49. The van der Waals surface area contributed by atoms with Crippen LogP contribution < -0.4 is 5.73 Å². The monoisotopic (exact) mass is 254 g/mol. The van der Waals surface area contributed by atoms with E-state index in [1.54, 1.807) is 13.3 Å². The molecule has 0 spiro atoms. The summed E-state index contributed by atoms with van der Waals surface area (Å²) in [7, 11) is 1.65. The molecule has 0 unspecified atom stereocenters. The summed E-state index contributed by atoms with van der Waals surface area (Å²) < 4.78 is 7.16. The van der Waals surface area contributed by atoms with Crippen LogP contribution in [0.1, 0.15) is 12.2 Å². The first kappa shape index (κ1) is 12.3. The number of aryl methyl sites for hydroxylation is 1. The Balaban J connectivity index is 2.46. The van der Waals surface area contributed by atoms with Crippen molar-refractivity contribution in [2.75, 3.05) is 13.7 Å². The molecule has 0 amide bonds. The first-order valence-corrected chi connectivity index (χ1v) is 5.83. The Morgan fingerprint density at radius 2 is 2.35 bits per heavy atom. The number of methoxy groups -OCH3 is 1. The summed E-state index contributed by atoms with van der Waals surface area (Å²) in [5.74, 6) is 0.853. The van der Waals surface area contributed by atoms with Gasteiger partial charge in [0.15, 0.2) is 5.65 Å². The minimum absolute atomic E-state index is 0.457. The van der Waals surface area contributed by atoms with E-state index in [0.717, 1.165) is 30.0 Å². The number of fused-ring (bicyclic) bond motifs is 1. The molecule has 2 N–H and O–H groups in total. The molecule has 2 aromatic rings. The first-order valence-electron chi connectivity index (χ1n) is 5.46. The Hall–Kier alpha value is -1.17. The molecule has 0 radical (unpaired) electrons. The molecular formula is C11H15ClN4O. The van der Waals surface area contributed by atoms with E-state index in [-0.39, 0.29) is 0 Å². The zero-order valence-electron chi connectivity index (χ0n) is 9.69. The number of nitrogens with two attached hydrogens (primary N) is 1. The van der Waals surface area contributed by atoms with E-state index < -0.39 is 0 Å². The van der Waals surface area contributed by atoms with Crippen LogP contribution in [0, 0.1) is 0 Å². The zero-order chi connectivity index (χ0) is 12.3. The molecule has 2 heterocycles. The van der Waals surface area contributed by atoms with Crippen LogP contribution in [0.15, 0.2) is 12.3 Å².